The summed E-state index contributed by atoms with van der Waals surface area (Å²) in [5.74, 6) is -2.34. The molecule has 3 unspecified atom stereocenters. The van der Waals surface area contributed by atoms with Crippen molar-refractivity contribution in [2.45, 2.75) is 38.6 Å². The Morgan fingerprint density at radius 2 is 2.23 bits per heavy atom. The Hall–Kier alpha value is -2.10. The number of nitriles is 1. The molecule has 2 rings (SSSR count). The van der Waals surface area contributed by atoms with Gasteiger partial charge in [0.2, 0.25) is 0 Å². The number of carboxylic acid groups (broad SMARTS) is 1. The molecule has 140 valence electrons. The van der Waals surface area contributed by atoms with Gasteiger partial charge in [-0.05, 0) is 44.4 Å². The highest BCUT2D eigenvalue weighted by atomic mass is 35.5. The van der Waals surface area contributed by atoms with Crippen LogP contribution in [0.2, 0.25) is 5.02 Å². The second-order valence-corrected chi connectivity index (χ2v) is 7.08. The molecule has 1 heterocycles. The largest absolute Gasteiger partial charge is 0.481 e. The number of benzene rings is 1. The maximum absolute atomic E-state index is 13.5. The lowest BCUT2D eigenvalue weighted by Crippen LogP contribution is -2.55. The molecule has 2 N–H and O–H groups in total. The highest BCUT2D eigenvalue weighted by molar-refractivity contribution is 6.31. The van der Waals surface area contributed by atoms with E-state index < -0.39 is 29.2 Å². The van der Waals surface area contributed by atoms with E-state index in [4.69, 9.17) is 16.3 Å². The quantitative estimate of drug-likeness (QED) is 0.732. The van der Waals surface area contributed by atoms with E-state index in [2.05, 4.69) is 11.4 Å². The number of rotatable bonds is 6. The molecule has 0 radical (unpaired) electrons. The molecule has 0 fully saturated rings. The normalized spacial score (nSPS) is 25.5. The van der Waals surface area contributed by atoms with Gasteiger partial charge in [0.15, 0.2) is 0 Å². The third-order valence-electron chi connectivity index (χ3n) is 5.10. The second kappa shape index (κ2) is 8.07. The molecule has 5 nitrogen and oxygen atoms in total. The van der Waals surface area contributed by atoms with Gasteiger partial charge in [-0.3, -0.25) is 4.79 Å². The zero-order chi connectivity index (χ0) is 19.5. The fourth-order valence-electron chi connectivity index (χ4n) is 3.65. The first-order valence-electron chi connectivity index (χ1n) is 8.32. The molecule has 1 aliphatic rings. The number of ether oxygens (including phenoxy) is 1. The van der Waals surface area contributed by atoms with Crippen LogP contribution in [0.5, 0.6) is 0 Å². The first kappa shape index (κ1) is 20.2. The van der Waals surface area contributed by atoms with Gasteiger partial charge in [-0.25, -0.2) is 4.39 Å². The van der Waals surface area contributed by atoms with Crippen molar-refractivity contribution in [3.63, 3.8) is 0 Å². The number of nitrogens with zero attached hydrogens (tertiary/aromatic N) is 1. The minimum Gasteiger partial charge on any atom is -0.481 e. The maximum Gasteiger partial charge on any atom is 0.312 e. The summed E-state index contributed by atoms with van der Waals surface area (Å²) in [4.78, 5) is 12.3. The van der Waals surface area contributed by atoms with Gasteiger partial charge >= 0.3 is 5.97 Å². The molecule has 0 amide bonds. The number of allylic oxidation sites excluding steroid dienone is 2. The van der Waals surface area contributed by atoms with Crippen LogP contribution in [-0.2, 0) is 9.53 Å². The Kier molecular flexibility index (Phi) is 6.27. The number of hydrogen-bond acceptors (Lipinski definition) is 4. The first-order valence-corrected chi connectivity index (χ1v) is 8.69. The van der Waals surface area contributed by atoms with Crippen LogP contribution in [-0.4, -0.2) is 30.8 Å². The molecule has 0 aliphatic carbocycles. The Balaban J connectivity index is 2.63. The predicted octanol–water partition coefficient (Wildman–Crippen LogP) is 3.85. The van der Waals surface area contributed by atoms with Crippen molar-refractivity contribution in [1.82, 2.24) is 5.32 Å². The van der Waals surface area contributed by atoms with Crippen molar-refractivity contribution in [3.05, 3.63) is 45.9 Å². The van der Waals surface area contributed by atoms with E-state index >= 15 is 0 Å². The van der Waals surface area contributed by atoms with Crippen LogP contribution in [0.4, 0.5) is 4.39 Å². The smallest absolute Gasteiger partial charge is 0.312 e. The van der Waals surface area contributed by atoms with Crippen molar-refractivity contribution < 1.29 is 19.0 Å². The summed E-state index contributed by atoms with van der Waals surface area (Å²) in [6.07, 6.45) is 1.21. The van der Waals surface area contributed by atoms with Gasteiger partial charge in [-0.15, -0.1) is 0 Å². The van der Waals surface area contributed by atoms with E-state index in [9.17, 15) is 19.6 Å². The van der Waals surface area contributed by atoms with Crippen LogP contribution in [0.25, 0.3) is 0 Å². The van der Waals surface area contributed by atoms with E-state index in [1.54, 1.807) is 21.0 Å². The van der Waals surface area contributed by atoms with E-state index in [1.807, 2.05) is 0 Å². The first-order chi connectivity index (χ1) is 12.3. The van der Waals surface area contributed by atoms with Crippen LogP contribution in [0.3, 0.4) is 0 Å². The summed E-state index contributed by atoms with van der Waals surface area (Å²) in [7, 11) is 1.59. The monoisotopic (exact) mass is 380 g/mol. The van der Waals surface area contributed by atoms with Gasteiger partial charge in [-0.2, -0.15) is 5.26 Å². The SMILES string of the molecule is COCCCC1NC(C)=C(C#N)C(c2ccc(F)cc2Cl)C1(C)C(=O)O. The molecule has 0 aromatic heterocycles. The van der Waals surface area contributed by atoms with Gasteiger partial charge in [0.05, 0.1) is 17.1 Å². The summed E-state index contributed by atoms with van der Waals surface area (Å²) < 4.78 is 18.6. The topological polar surface area (TPSA) is 82.3 Å². The minimum absolute atomic E-state index is 0.112. The van der Waals surface area contributed by atoms with Gasteiger partial charge in [0, 0.05) is 36.4 Å². The van der Waals surface area contributed by atoms with E-state index in [0.29, 0.717) is 36.3 Å². The number of halogens is 2. The highest BCUT2D eigenvalue weighted by Crippen LogP contribution is 2.50. The van der Waals surface area contributed by atoms with Crippen molar-refractivity contribution in [2.24, 2.45) is 5.41 Å². The van der Waals surface area contributed by atoms with Crippen LogP contribution in [0.1, 0.15) is 38.2 Å². The van der Waals surface area contributed by atoms with E-state index in [1.165, 1.54) is 12.1 Å². The lowest BCUT2D eigenvalue weighted by atomic mass is 9.62. The lowest BCUT2D eigenvalue weighted by Gasteiger charge is -2.45. The summed E-state index contributed by atoms with van der Waals surface area (Å²) in [6, 6.07) is 5.53. The van der Waals surface area contributed by atoms with Crippen molar-refractivity contribution in [3.8, 4) is 6.07 Å². The molecule has 0 spiro atoms. The Morgan fingerprint density at radius 3 is 2.77 bits per heavy atom. The maximum atomic E-state index is 13.5. The molecule has 26 heavy (non-hydrogen) atoms. The molecule has 0 saturated heterocycles. The third-order valence-corrected chi connectivity index (χ3v) is 5.43. The second-order valence-electron chi connectivity index (χ2n) is 6.67. The minimum atomic E-state index is -1.33. The molecule has 3 atom stereocenters. The number of carboxylic acids is 1. The van der Waals surface area contributed by atoms with Gasteiger partial charge in [-0.1, -0.05) is 17.7 Å². The number of aliphatic carboxylic acids is 1. The zero-order valence-electron chi connectivity index (χ0n) is 15.0. The fraction of sp³-hybridized carbons (Fsp3) is 0.474. The Labute approximate surface area is 157 Å². The molecular weight excluding hydrogens is 359 g/mol. The average Bonchev–Trinajstić information content (AvgIpc) is 2.58. The van der Waals surface area contributed by atoms with Crippen LogP contribution < -0.4 is 5.32 Å². The number of carbonyl (C=O) groups is 1. The van der Waals surface area contributed by atoms with Crippen molar-refractivity contribution >= 4 is 17.6 Å². The van der Waals surface area contributed by atoms with Crippen LogP contribution >= 0.6 is 11.6 Å². The average molecular weight is 381 g/mol. The molecule has 7 heteroatoms. The van der Waals surface area contributed by atoms with Crippen molar-refractivity contribution in [1.29, 1.82) is 5.26 Å². The molecular formula is C19H22ClFN2O3. The number of nitrogens with one attached hydrogen (secondary N) is 1. The molecule has 1 aliphatic heterocycles. The summed E-state index contributed by atoms with van der Waals surface area (Å²) in [6.45, 7) is 3.85. The van der Waals surface area contributed by atoms with Crippen LogP contribution in [0, 0.1) is 22.6 Å². The predicted molar refractivity (Wildman–Crippen MR) is 96.2 cm³/mol. The molecule has 1 aromatic rings. The van der Waals surface area contributed by atoms with E-state index in [0.717, 1.165) is 6.07 Å². The fourth-order valence-corrected chi connectivity index (χ4v) is 3.92. The highest BCUT2D eigenvalue weighted by Gasteiger charge is 2.53. The summed E-state index contributed by atoms with van der Waals surface area (Å²) in [5.41, 5.74) is 0.0114. The van der Waals surface area contributed by atoms with Crippen molar-refractivity contribution in [2.75, 3.05) is 13.7 Å². The third kappa shape index (κ3) is 3.55. The zero-order valence-corrected chi connectivity index (χ0v) is 15.7. The van der Waals surface area contributed by atoms with E-state index in [-0.39, 0.29) is 5.02 Å². The Bertz CT molecular complexity index is 775. The van der Waals surface area contributed by atoms with Gasteiger partial charge < -0.3 is 15.2 Å². The lowest BCUT2D eigenvalue weighted by molar-refractivity contribution is -0.151. The molecule has 1 aromatic carbocycles. The van der Waals surface area contributed by atoms with Crippen LogP contribution in [0.15, 0.2) is 29.5 Å². The molecule has 0 bridgehead atoms. The number of hydrogen-bond donors (Lipinski definition) is 2. The van der Waals surface area contributed by atoms with Gasteiger partial charge in [0.25, 0.3) is 0 Å². The standard InChI is InChI=1S/C19H22ClFN2O3/c1-11-14(10-22)17(13-7-6-12(21)9-15(13)20)19(2,18(24)25)16(23-11)5-4-8-26-3/h6-7,9,16-17,23H,4-5,8H2,1-3H3,(H,24,25). The number of methoxy groups -OCH3 is 1. The summed E-state index contributed by atoms with van der Waals surface area (Å²) in [5, 5.41) is 23.0. The molecule has 0 saturated carbocycles. The Morgan fingerprint density at radius 1 is 1.54 bits per heavy atom. The summed E-state index contributed by atoms with van der Waals surface area (Å²) >= 11 is 6.23. The van der Waals surface area contributed by atoms with Gasteiger partial charge in [0.1, 0.15) is 5.82 Å².